The van der Waals surface area contributed by atoms with Crippen LogP contribution in [0.3, 0.4) is 0 Å². The monoisotopic (exact) mass is 290 g/mol. The van der Waals surface area contributed by atoms with Crippen molar-refractivity contribution >= 4 is 0 Å². The van der Waals surface area contributed by atoms with Crippen molar-refractivity contribution in [3.05, 3.63) is 59.8 Å². The summed E-state index contributed by atoms with van der Waals surface area (Å²) in [6, 6.07) is 17.5. The molecule has 1 heterocycles. The summed E-state index contributed by atoms with van der Waals surface area (Å²) < 4.78 is 7.03. The molecule has 22 heavy (non-hydrogen) atoms. The second kappa shape index (κ2) is 5.70. The van der Waals surface area contributed by atoms with Crippen molar-refractivity contribution in [2.75, 3.05) is 7.11 Å². The molecule has 0 aliphatic rings. The summed E-state index contributed by atoms with van der Waals surface area (Å²) in [6.45, 7) is 2.01. The first kappa shape index (κ1) is 13.8. The van der Waals surface area contributed by atoms with E-state index < -0.39 is 0 Å². The van der Waals surface area contributed by atoms with Crippen LogP contribution in [0.4, 0.5) is 0 Å². The number of hydrogen-bond donors (Lipinski definition) is 0. The summed E-state index contributed by atoms with van der Waals surface area (Å²) in [5, 5.41) is 17.5. The minimum Gasteiger partial charge on any atom is -0.494 e. The van der Waals surface area contributed by atoms with Crippen molar-refractivity contribution in [2.24, 2.45) is 0 Å². The van der Waals surface area contributed by atoms with Crippen molar-refractivity contribution in [3.8, 4) is 28.8 Å². The van der Waals surface area contributed by atoms with Crippen LogP contribution in [-0.4, -0.2) is 22.1 Å². The first-order valence-electron chi connectivity index (χ1n) is 6.81. The molecule has 108 valence electrons. The highest BCUT2D eigenvalue weighted by Gasteiger charge is 2.18. The fourth-order valence-corrected chi connectivity index (χ4v) is 2.38. The maximum Gasteiger partial charge on any atom is 0.191 e. The zero-order valence-electron chi connectivity index (χ0n) is 12.3. The van der Waals surface area contributed by atoms with E-state index in [0.29, 0.717) is 11.4 Å². The Labute approximate surface area is 128 Å². The van der Waals surface area contributed by atoms with Gasteiger partial charge < -0.3 is 4.74 Å². The number of aromatic nitrogens is 3. The summed E-state index contributed by atoms with van der Waals surface area (Å²) in [7, 11) is 1.60. The zero-order chi connectivity index (χ0) is 15.5. The van der Waals surface area contributed by atoms with Gasteiger partial charge >= 0.3 is 0 Å². The minimum absolute atomic E-state index is 0.288. The Morgan fingerprint density at radius 1 is 1.14 bits per heavy atom. The van der Waals surface area contributed by atoms with Crippen molar-refractivity contribution in [3.63, 3.8) is 0 Å². The molecular weight excluding hydrogens is 276 g/mol. The van der Waals surface area contributed by atoms with Crippen LogP contribution in [0.5, 0.6) is 5.75 Å². The Morgan fingerprint density at radius 3 is 2.68 bits per heavy atom. The van der Waals surface area contributed by atoms with Crippen molar-refractivity contribution in [1.29, 1.82) is 5.26 Å². The van der Waals surface area contributed by atoms with E-state index in [9.17, 15) is 5.26 Å². The SMILES string of the molecule is COc1ccccc1-n1nnc(C#N)c1-c1cccc(C)c1. The molecule has 0 amide bonds. The molecule has 0 N–H and O–H groups in total. The summed E-state index contributed by atoms with van der Waals surface area (Å²) >= 11 is 0. The van der Waals surface area contributed by atoms with Gasteiger partial charge in [-0.1, -0.05) is 41.1 Å². The normalized spacial score (nSPS) is 10.2. The van der Waals surface area contributed by atoms with Gasteiger partial charge in [0.15, 0.2) is 5.69 Å². The van der Waals surface area contributed by atoms with Crippen LogP contribution in [0.2, 0.25) is 0 Å². The number of nitriles is 1. The maximum absolute atomic E-state index is 9.34. The van der Waals surface area contributed by atoms with Gasteiger partial charge in [-0.3, -0.25) is 0 Å². The van der Waals surface area contributed by atoms with E-state index in [2.05, 4.69) is 16.4 Å². The minimum atomic E-state index is 0.288. The average Bonchev–Trinajstić information content (AvgIpc) is 2.98. The van der Waals surface area contributed by atoms with E-state index in [-0.39, 0.29) is 5.69 Å². The summed E-state index contributed by atoms with van der Waals surface area (Å²) in [4.78, 5) is 0. The van der Waals surface area contributed by atoms with Crippen molar-refractivity contribution in [2.45, 2.75) is 6.92 Å². The molecule has 0 saturated carbocycles. The highest BCUT2D eigenvalue weighted by Crippen LogP contribution is 2.29. The molecule has 0 radical (unpaired) electrons. The molecule has 3 aromatic rings. The van der Waals surface area contributed by atoms with E-state index in [0.717, 1.165) is 16.8 Å². The van der Waals surface area contributed by atoms with Crippen LogP contribution in [0.25, 0.3) is 16.9 Å². The van der Waals surface area contributed by atoms with Crippen LogP contribution in [0.1, 0.15) is 11.3 Å². The molecule has 0 saturated heterocycles. The molecule has 0 aliphatic heterocycles. The predicted octanol–water partition coefficient (Wildman–Crippen LogP) is 3.12. The van der Waals surface area contributed by atoms with Gasteiger partial charge in [-0.05, 0) is 25.1 Å². The molecule has 5 nitrogen and oxygen atoms in total. The molecule has 3 rings (SSSR count). The summed E-state index contributed by atoms with van der Waals surface area (Å²) in [5.74, 6) is 0.672. The number of hydrogen-bond acceptors (Lipinski definition) is 4. The number of para-hydroxylation sites is 2. The first-order valence-corrected chi connectivity index (χ1v) is 6.81. The summed E-state index contributed by atoms with van der Waals surface area (Å²) in [5.41, 5.74) is 3.70. The topological polar surface area (TPSA) is 63.7 Å². The Morgan fingerprint density at radius 2 is 1.95 bits per heavy atom. The lowest BCUT2D eigenvalue weighted by atomic mass is 10.1. The van der Waals surface area contributed by atoms with Crippen LogP contribution in [-0.2, 0) is 0 Å². The quantitative estimate of drug-likeness (QED) is 0.743. The van der Waals surface area contributed by atoms with Crippen LogP contribution < -0.4 is 4.74 Å². The number of methoxy groups -OCH3 is 1. The fourth-order valence-electron chi connectivity index (χ4n) is 2.38. The van der Waals surface area contributed by atoms with Gasteiger partial charge in [-0.15, -0.1) is 5.10 Å². The Hall–Kier alpha value is -3.13. The van der Waals surface area contributed by atoms with E-state index in [1.165, 1.54) is 0 Å². The van der Waals surface area contributed by atoms with Gasteiger partial charge in [0.1, 0.15) is 23.2 Å². The van der Waals surface area contributed by atoms with Gasteiger partial charge in [-0.25, -0.2) is 4.68 Å². The third-order valence-electron chi connectivity index (χ3n) is 3.38. The van der Waals surface area contributed by atoms with Crippen molar-refractivity contribution < 1.29 is 4.74 Å². The lowest BCUT2D eigenvalue weighted by Crippen LogP contribution is -2.02. The zero-order valence-corrected chi connectivity index (χ0v) is 12.3. The van der Waals surface area contributed by atoms with Crippen LogP contribution in [0, 0.1) is 18.3 Å². The largest absolute Gasteiger partial charge is 0.494 e. The Bertz CT molecular complexity index is 861. The number of benzene rings is 2. The van der Waals surface area contributed by atoms with Gasteiger partial charge in [0.05, 0.1) is 7.11 Å². The van der Waals surface area contributed by atoms with Gasteiger partial charge in [-0.2, -0.15) is 5.26 Å². The molecule has 0 atom stereocenters. The second-order valence-corrected chi connectivity index (χ2v) is 4.85. The second-order valence-electron chi connectivity index (χ2n) is 4.85. The number of aryl methyl sites for hydroxylation is 1. The highest BCUT2D eigenvalue weighted by atomic mass is 16.5. The molecule has 0 spiro atoms. The van der Waals surface area contributed by atoms with Gasteiger partial charge in [0.2, 0.25) is 0 Å². The molecule has 0 fully saturated rings. The molecule has 5 heteroatoms. The number of nitrogens with zero attached hydrogens (tertiary/aromatic N) is 4. The molecule has 1 aromatic heterocycles. The smallest absolute Gasteiger partial charge is 0.191 e. The predicted molar refractivity (Wildman–Crippen MR) is 82.8 cm³/mol. The van der Waals surface area contributed by atoms with E-state index in [4.69, 9.17) is 4.74 Å². The average molecular weight is 290 g/mol. The summed E-state index contributed by atoms with van der Waals surface area (Å²) in [6.07, 6.45) is 0. The third kappa shape index (κ3) is 2.31. The van der Waals surface area contributed by atoms with E-state index in [1.54, 1.807) is 11.8 Å². The molecule has 2 aromatic carbocycles. The van der Waals surface area contributed by atoms with Crippen LogP contribution >= 0.6 is 0 Å². The molecule has 0 aliphatic carbocycles. The van der Waals surface area contributed by atoms with Gasteiger partial charge in [0.25, 0.3) is 0 Å². The van der Waals surface area contributed by atoms with Gasteiger partial charge in [0, 0.05) is 5.56 Å². The lowest BCUT2D eigenvalue weighted by molar-refractivity contribution is 0.411. The Kier molecular flexibility index (Phi) is 3.58. The van der Waals surface area contributed by atoms with Crippen LogP contribution in [0.15, 0.2) is 48.5 Å². The molecular formula is C17H14N4O. The molecule has 0 unspecified atom stereocenters. The third-order valence-corrected chi connectivity index (χ3v) is 3.38. The Balaban J connectivity index is 2.27. The van der Waals surface area contributed by atoms with E-state index >= 15 is 0 Å². The number of rotatable bonds is 3. The maximum atomic E-state index is 9.34. The molecule has 0 bridgehead atoms. The highest BCUT2D eigenvalue weighted by molar-refractivity contribution is 5.68. The first-order chi connectivity index (χ1) is 10.7. The fraction of sp³-hybridized carbons (Fsp3) is 0.118. The van der Waals surface area contributed by atoms with E-state index in [1.807, 2.05) is 55.5 Å². The van der Waals surface area contributed by atoms with Crippen molar-refractivity contribution in [1.82, 2.24) is 15.0 Å². The standard InChI is InChI=1S/C17H14N4O/c1-12-6-5-7-13(10-12)17-14(11-18)19-20-21(17)15-8-3-4-9-16(15)22-2/h3-10H,1-2H3. The number of ether oxygens (including phenoxy) is 1. The lowest BCUT2D eigenvalue weighted by Gasteiger charge is -2.11.